The van der Waals surface area contributed by atoms with Crippen molar-refractivity contribution in [3.8, 4) is 22.8 Å². The molecule has 3 aromatic rings. The summed E-state index contributed by atoms with van der Waals surface area (Å²) >= 11 is 0. The zero-order valence-corrected chi connectivity index (χ0v) is 13.7. The van der Waals surface area contributed by atoms with Crippen LogP contribution < -0.4 is 14.9 Å². The fourth-order valence-corrected chi connectivity index (χ4v) is 2.50. The van der Waals surface area contributed by atoms with E-state index in [1.54, 1.807) is 25.3 Å². The summed E-state index contributed by atoms with van der Waals surface area (Å²) in [4.78, 5) is 12.4. The maximum Gasteiger partial charge on any atom is 0.193 e. The number of rotatable bonds is 5. The van der Waals surface area contributed by atoms with Gasteiger partial charge < -0.3 is 13.9 Å². The van der Waals surface area contributed by atoms with Gasteiger partial charge in [-0.15, -0.1) is 0 Å². The van der Waals surface area contributed by atoms with Gasteiger partial charge in [-0.05, 0) is 37.3 Å². The lowest BCUT2D eigenvalue weighted by Crippen LogP contribution is -2.01. The Hall–Kier alpha value is -3.01. The Morgan fingerprint density at radius 1 is 1.12 bits per heavy atom. The lowest BCUT2D eigenvalue weighted by molar-refractivity contribution is 0.326. The van der Waals surface area contributed by atoms with Crippen LogP contribution in [0.1, 0.15) is 5.56 Å². The highest BCUT2D eigenvalue weighted by Crippen LogP contribution is 2.33. The number of methoxy groups -OCH3 is 1. The highest BCUT2D eigenvalue weighted by Gasteiger charge is 2.11. The van der Waals surface area contributed by atoms with Crippen molar-refractivity contribution in [3.05, 3.63) is 70.9 Å². The first kappa shape index (κ1) is 15.9. The van der Waals surface area contributed by atoms with E-state index < -0.39 is 0 Å². The normalized spacial score (nSPS) is 10.6. The van der Waals surface area contributed by atoms with E-state index in [0.29, 0.717) is 34.8 Å². The van der Waals surface area contributed by atoms with Crippen LogP contribution in [0.2, 0.25) is 0 Å². The number of ether oxygens (including phenoxy) is 2. The van der Waals surface area contributed by atoms with Gasteiger partial charge in [0, 0.05) is 11.6 Å². The van der Waals surface area contributed by atoms with Crippen molar-refractivity contribution in [1.29, 1.82) is 0 Å². The fourth-order valence-electron chi connectivity index (χ4n) is 2.50. The van der Waals surface area contributed by atoms with Gasteiger partial charge in [0.1, 0.15) is 18.0 Å². The first-order valence-electron chi connectivity index (χ1n) is 7.59. The standard InChI is InChI=1S/C20H18O4/c1-4-9-23-18-8-6-14(11-20(18)22-3)19-12-16(21)15-10-13(2)5-7-17(15)24-19/h4-8,10-12H,1,9H2,2-3H3. The van der Waals surface area contributed by atoms with Crippen molar-refractivity contribution in [1.82, 2.24) is 0 Å². The molecule has 0 amide bonds. The average molecular weight is 322 g/mol. The van der Waals surface area contributed by atoms with Crippen molar-refractivity contribution in [2.24, 2.45) is 0 Å². The number of fused-ring (bicyclic) bond motifs is 1. The summed E-state index contributed by atoms with van der Waals surface area (Å²) < 4.78 is 16.8. The van der Waals surface area contributed by atoms with E-state index in [4.69, 9.17) is 13.9 Å². The third-order valence-corrected chi connectivity index (χ3v) is 3.69. The summed E-state index contributed by atoms with van der Waals surface area (Å²) in [7, 11) is 1.57. The largest absolute Gasteiger partial charge is 0.493 e. The smallest absolute Gasteiger partial charge is 0.193 e. The number of hydrogen-bond acceptors (Lipinski definition) is 4. The summed E-state index contributed by atoms with van der Waals surface area (Å²) in [6.45, 7) is 5.96. The molecule has 0 aliphatic heterocycles. The molecule has 0 unspecified atom stereocenters. The Balaban J connectivity index is 2.08. The summed E-state index contributed by atoms with van der Waals surface area (Å²) in [6.07, 6.45) is 1.66. The molecule has 24 heavy (non-hydrogen) atoms. The third-order valence-electron chi connectivity index (χ3n) is 3.69. The molecule has 0 spiro atoms. The molecule has 0 N–H and O–H groups in total. The van der Waals surface area contributed by atoms with E-state index in [9.17, 15) is 4.79 Å². The Bertz CT molecular complexity index is 954. The lowest BCUT2D eigenvalue weighted by atomic mass is 10.1. The summed E-state index contributed by atoms with van der Waals surface area (Å²) in [5.41, 5.74) is 2.26. The van der Waals surface area contributed by atoms with Gasteiger partial charge in [0.05, 0.1) is 12.5 Å². The minimum absolute atomic E-state index is 0.0686. The second-order valence-corrected chi connectivity index (χ2v) is 5.44. The van der Waals surface area contributed by atoms with Crippen LogP contribution in [0.4, 0.5) is 0 Å². The predicted octanol–water partition coefficient (Wildman–Crippen LogP) is 4.34. The molecule has 0 bridgehead atoms. The van der Waals surface area contributed by atoms with Gasteiger partial charge in [-0.25, -0.2) is 0 Å². The molecule has 0 fully saturated rings. The van der Waals surface area contributed by atoms with Crippen LogP contribution in [0.3, 0.4) is 0 Å². The Kier molecular flexibility index (Phi) is 4.38. The molecule has 122 valence electrons. The highest BCUT2D eigenvalue weighted by atomic mass is 16.5. The second kappa shape index (κ2) is 6.62. The van der Waals surface area contributed by atoms with E-state index in [2.05, 4.69) is 6.58 Å². The topological polar surface area (TPSA) is 48.7 Å². The maximum atomic E-state index is 12.4. The zero-order chi connectivity index (χ0) is 17.1. The average Bonchev–Trinajstić information content (AvgIpc) is 2.60. The number of hydrogen-bond donors (Lipinski definition) is 0. The molecule has 2 aromatic carbocycles. The van der Waals surface area contributed by atoms with Crippen molar-refractivity contribution in [3.63, 3.8) is 0 Å². The second-order valence-electron chi connectivity index (χ2n) is 5.44. The molecule has 4 heteroatoms. The van der Waals surface area contributed by atoms with Gasteiger partial charge in [0.15, 0.2) is 16.9 Å². The predicted molar refractivity (Wildman–Crippen MR) is 94.9 cm³/mol. The molecule has 0 aliphatic rings. The Morgan fingerprint density at radius 2 is 1.96 bits per heavy atom. The van der Waals surface area contributed by atoms with E-state index in [-0.39, 0.29) is 5.43 Å². The van der Waals surface area contributed by atoms with E-state index in [1.165, 1.54) is 6.07 Å². The van der Waals surface area contributed by atoms with E-state index in [1.807, 2.05) is 31.2 Å². The minimum Gasteiger partial charge on any atom is -0.493 e. The Morgan fingerprint density at radius 3 is 2.71 bits per heavy atom. The fraction of sp³-hybridized carbons (Fsp3) is 0.150. The first-order valence-corrected chi connectivity index (χ1v) is 7.59. The van der Waals surface area contributed by atoms with Crippen molar-refractivity contribution >= 4 is 11.0 Å². The van der Waals surface area contributed by atoms with Crippen LogP contribution in [0.25, 0.3) is 22.3 Å². The molecule has 0 radical (unpaired) electrons. The Labute approximate surface area is 139 Å². The van der Waals surface area contributed by atoms with Crippen LogP contribution in [0.15, 0.2) is 64.3 Å². The summed E-state index contributed by atoms with van der Waals surface area (Å²) in [5, 5.41) is 0.580. The van der Waals surface area contributed by atoms with Crippen LogP contribution in [-0.2, 0) is 0 Å². The molecule has 0 atom stereocenters. The van der Waals surface area contributed by atoms with Crippen LogP contribution >= 0.6 is 0 Å². The van der Waals surface area contributed by atoms with Gasteiger partial charge in [0.25, 0.3) is 0 Å². The molecule has 3 rings (SSSR count). The molecule has 1 aromatic heterocycles. The van der Waals surface area contributed by atoms with E-state index in [0.717, 1.165) is 11.1 Å². The zero-order valence-electron chi connectivity index (χ0n) is 13.7. The molecule has 4 nitrogen and oxygen atoms in total. The summed E-state index contributed by atoms with van der Waals surface area (Å²) in [6, 6.07) is 12.5. The van der Waals surface area contributed by atoms with Gasteiger partial charge >= 0.3 is 0 Å². The molecule has 0 saturated heterocycles. The van der Waals surface area contributed by atoms with Gasteiger partial charge in [-0.1, -0.05) is 24.3 Å². The minimum atomic E-state index is -0.0686. The molecule has 1 heterocycles. The van der Waals surface area contributed by atoms with E-state index >= 15 is 0 Å². The van der Waals surface area contributed by atoms with Crippen molar-refractivity contribution < 1.29 is 13.9 Å². The van der Waals surface area contributed by atoms with Crippen LogP contribution in [0.5, 0.6) is 11.5 Å². The van der Waals surface area contributed by atoms with Crippen molar-refractivity contribution in [2.75, 3.05) is 13.7 Å². The molecule has 0 saturated carbocycles. The van der Waals surface area contributed by atoms with Crippen molar-refractivity contribution in [2.45, 2.75) is 6.92 Å². The number of aryl methyl sites for hydroxylation is 1. The molecular weight excluding hydrogens is 304 g/mol. The summed E-state index contributed by atoms with van der Waals surface area (Å²) in [5.74, 6) is 1.67. The third kappa shape index (κ3) is 3.04. The van der Waals surface area contributed by atoms with Gasteiger partial charge in [0.2, 0.25) is 0 Å². The van der Waals surface area contributed by atoms with Gasteiger partial charge in [-0.3, -0.25) is 4.79 Å². The molecular formula is C20H18O4. The SMILES string of the molecule is C=CCOc1ccc(-c2cc(=O)c3cc(C)ccc3o2)cc1OC. The van der Waals surface area contributed by atoms with Crippen LogP contribution in [-0.4, -0.2) is 13.7 Å². The molecule has 0 aliphatic carbocycles. The number of benzene rings is 2. The van der Waals surface area contributed by atoms with Crippen LogP contribution in [0, 0.1) is 6.92 Å². The lowest BCUT2D eigenvalue weighted by Gasteiger charge is -2.11. The highest BCUT2D eigenvalue weighted by molar-refractivity contribution is 5.79. The van der Waals surface area contributed by atoms with Gasteiger partial charge in [-0.2, -0.15) is 0 Å². The first-order chi connectivity index (χ1) is 11.6. The maximum absolute atomic E-state index is 12.4. The quantitative estimate of drug-likeness (QED) is 0.656. The monoisotopic (exact) mass is 322 g/mol.